The summed E-state index contributed by atoms with van der Waals surface area (Å²) in [6.07, 6.45) is 9.45. The highest BCUT2D eigenvalue weighted by Crippen LogP contribution is 2.40. The van der Waals surface area contributed by atoms with Gasteiger partial charge >= 0.3 is 0 Å². The van der Waals surface area contributed by atoms with Crippen molar-refractivity contribution < 1.29 is 9.59 Å². The number of hydrogen-bond donors (Lipinski definition) is 3. The highest BCUT2D eigenvalue weighted by Gasteiger charge is 2.43. The molecule has 1 aliphatic rings. The summed E-state index contributed by atoms with van der Waals surface area (Å²) in [4.78, 5) is 33.6. The predicted octanol–water partition coefficient (Wildman–Crippen LogP) is 2.65. The van der Waals surface area contributed by atoms with Gasteiger partial charge in [-0.15, -0.1) is 0 Å². The average Bonchev–Trinajstić information content (AvgIpc) is 2.80. The monoisotopic (exact) mass is 445 g/mol. The van der Waals surface area contributed by atoms with Crippen molar-refractivity contribution in [1.82, 2.24) is 9.97 Å². The van der Waals surface area contributed by atoms with Crippen LogP contribution >= 0.6 is 11.6 Å². The van der Waals surface area contributed by atoms with Crippen LogP contribution in [0.5, 0.6) is 0 Å². The molecule has 0 bridgehead atoms. The van der Waals surface area contributed by atoms with E-state index in [4.69, 9.17) is 28.8 Å². The average molecular weight is 446 g/mol. The van der Waals surface area contributed by atoms with Crippen molar-refractivity contribution in [3.05, 3.63) is 101 Å². The maximum atomic E-state index is 12.7. The van der Waals surface area contributed by atoms with Gasteiger partial charge in [0, 0.05) is 23.0 Å². The van der Waals surface area contributed by atoms with E-state index in [1.165, 1.54) is 6.20 Å². The fourth-order valence-electron chi connectivity index (χ4n) is 3.79. The lowest BCUT2D eigenvalue weighted by Crippen LogP contribution is -2.45. The first-order valence-electron chi connectivity index (χ1n) is 9.72. The van der Waals surface area contributed by atoms with Crippen molar-refractivity contribution in [1.29, 1.82) is 0 Å². The van der Waals surface area contributed by atoms with Crippen LogP contribution in [0.4, 0.5) is 5.82 Å². The van der Waals surface area contributed by atoms with E-state index >= 15 is 0 Å². The normalized spacial score (nSPS) is 21.9. The van der Waals surface area contributed by atoms with Crippen molar-refractivity contribution in [2.75, 3.05) is 5.73 Å². The van der Waals surface area contributed by atoms with E-state index in [0.29, 0.717) is 33.2 Å². The maximum absolute atomic E-state index is 12.7. The molecule has 160 valence electrons. The van der Waals surface area contributed by atoms with Gasteiger partial charge in [0.1, 0.15) is 16.6 Å². The van der Waals surface area contributed by atoms with Crippen molar-refractivity contribution in [3.63, 3.8) is 0 Å². The van der Waals surface area contributed by atoms with Gasteiger partial charge < -0.3 is 17.2 Å². The van der Waals surface area contributed by atoms with Gasteiger partial charge in [0.15, 0.2) is 0 Å². The molecule has 0 saturated heterocycles. The van der Waals surface area contributed by atoms with Crippen molar-refractivity contribution >= 4 is 29.2 Å². The van der Waals surface area contributed by atoms with Crippen LogP contribution in [0.25, 0.3) is 11.3 Å². The Balaban J connectivity index is 1.84. The van der Waals surface area contributed by atoms with Crippen molar-refractivity contribution in [2.45, 2.75) is 10.8 Å². The third-order valence-electron chi connectivity index (χ3n) is 5.68. The van der Waals surface area contributed by atoms with Crippen molar-refractivity contribution in [2.24, 2.45) is 11.5 Å². The lowest BCUT2D eigenvalue weighted by Gasteiger charge is -2.34. The van der Waals surface area contributed by atoms with E-state index in [1.54, 1.807) is 66.9 Å². The van der Waals surface area contributed by atoms with Crippen LogP contribution in [0.3, 0.4) is 0 Å². The van der Waals surface area contributed by atoms with Gasteiger partial charge in [-0.2, -0.15) is 0 Å². The molecule has 0 atom stereocenters. The van der Waals surface area contributed by atoms with Gasteiger partial charge in [0.2, 0.25) is 11.8 Å². The quantitative estimate of drug-likeness (QED) is 0.518. The molecule has 2 aromatic heterocycles. The maximum Gasteiger partial charge on any atom is 0.235 e. The Morgan fingerprint density at radius 1 is 0.812 bits per heavy atom. The van der Waals surface area contributed by atoms with E-state index in [1.807, 2.05) is 12.1 Å². The second-order valence-corrected chi connectivity index (χ2v) is 7.92. The van der Waals surface area contributed by atoms with Gasteiger partial charge in [-0.05, 0) is 41.5 Å². The van der Waals surface area contributed by atoms with E-state index in [-0.39, 0.29) is 0 Å². The molecular weight excluding hydrogens is 426 g/mol. The smallest absolute Gasteiger partial charge is 0.235 e. The molecule has 0 saturated carbocycles. The lowest BCUT2D eigenvalue weighted by molar-refractivity contribution is -0.122. The van der Waals surface area contributed by atoms with E-state index in [2.05, 4.69) is 9.97 Å². The molecule has 32 heavy (non-hydrogen) atoms. The van der Waals surface area contributed by atoms with E-state index in [9.17, 15) is 9.59 Å². The highest BCUT2D eigenvalue weighted by molar-refractivity contribution is 6.33. The first-order chi connectivity index (χ1) is 15.3. The molecule has 8 heteroatoms. The second kappa shape index (κ2) is 7.94. The third-order valence-corrected chi connectivity index (χ3v) is 6.01. The number of nitrogens with two attached hydrogens (primary N) is 3. The fraction of sp³-hybridized carbons (Fsp3) is 0.0833. The molecule has 0 spiro atoms. The summed E-state index contributed by atoms with van der Waals surface area (Å²) in [5.74, 6) is -0.931. The summed E-state index contributed by atoms with van der Waals surface area (Å²) in [7, 11) is 0. The molecule has 7 nitrogen and oxygen atoms in total. The summed E-state index contributed by atoms with van der Waals surface area (Å²) in [5.41, 5.74) is 17.1. The van der Waals surface area contributed by atoms with Crippen molar-refractivity contribution in [3.8, 4) is 11.3 Å². The number of nitrogens with zero attached hydrogens (tertiary/aromatic N) is 2. The number of rotatable bonds is 5. The number of aromatic nitrogens is 2. The minimum Gasteiger partial charge on any atom is -0.384 e. The molecule has 0 aliphatic heterocycles. The first kappa shape index (κ1) is 21.3. The number of pyridine rings is 2. The number of benzene rings is 1. The van der Waals surface area contributed by atoms with Gasteiger partial charge in [0.05, 0.1) is 5.69 Å². The number of carbonyl (C=O) groups is 2. The van der Waals surface area contributed by atoms with Crippen LogP contribution in [0.1, 0.15) is 11.1 Å². The standard InChI is InChI=1S/C24H20ClN5O2/c25-18-6-4-15(13-17(18)19-3-1-2-12-29-19)23(21(27)31)8-10-24(11-9-23,22(28)32)16-5-7-20(26)30-14-16/h1-14H,(H2,26,30)(H2,27,31)(H2,28,32). The van der Waals surface area contributed by atoms with Gasteiger partial charge in [-0.3, -0.25) is 14.6 Å². The summed E-state index contributed by atoms with van der Waals surface area (Å²) in [6, 6.07) is 13.9. The molecule has 2 heterocycles. The number of carbonyl (C=O) groups excluding carboxylic acids is 2. The summed E-state index contributed by atoms with van der Waals surface area (Å²) < 4.78 is 0. The van der Waals surface area contributed by atoms with Crippen LogP contribution in [0.2, 0.25) is 5.02 Å². The third kappa shape index (κ3) is 3.42. The molecule has 0 unspecified atom stereocenters. The number of primary amides is 2. The van der Waals surface area contributed by atoms with E-state index in [0.717, 1.165) is 0 Å². The predicted molar refractivity (Wildman–Crippen MR) is 123 cm³/mol. The highest BCUT2D eigenvalue weighted by atomic mass is 35.5. The first-order valence-corrected chi connectivity index (χ1v) is 10.1. The summed E-state index contributed by atoms with van der Waals surface area (Å²) in [6.45, 7) is 0. The number of nitrogen functional groups attached to an aromatic ring is 1. The number of anilines is 1. The largest absolute Gasteiger partial charge is 0.384 e. The van der Waals surface area contributed by atoms with Crippen LogP contribution in [-0.2, 0) is 20.4 Å². The molecule has 0 fully saturated rings. The van der Waals surface area contributed by atoms with Gasteiger partial charge in [0.25, 0.3) is 0 Å². The number of amides is 2. The second-order valence-electron chi connectivity index (χ2n) is 7.51. The fourth-order valence-corrected chi connectivity index (χ4v) is 4.00. The van der Waals surface area contributed by atoms with Crippen LogP contribution in [-0.4, -0.2) is 21.8 Å². The summed E-state index contributed by atoms with van der Waals surface area (Å²) in [5, 5.41) is 0.482. The molecule has 2 amide bonds. The topological polar surface area (TPSA) is 138 Å². The Kier molecular flexibility index (Phi) is 5.28. The molecule has 4 rings (SSSR count). The van der Waals surface area contributed by atoms with Crippen LogP contribution in [0, 0.1) is 0 Å². The molecule has 6 N–H and O–H groups in total. The minimum atomic E-state index is -1.31. The Morgan fingerprint density at radius 2 is 1.44 bits per heavy atom. The Morgan fingerprint density at radius 3 is 1.97 bits per heavy atom. The minimum absolute atomic E-state index is 0.312. The van der Waals surface area contributed by atoms with Crippen LogP contribution < -0.4 is 17.2 Å². The molecule has 0 radical (unpaired) electrons. The molecule has 3 aromatic rings. The molecule has 1 aromatic carbocycles. The van der Waals surface area contributed by atoms with E-state index < -0.39 is 22.6 Å². The molecular formula is C24H20ClN5O2. The van der Waals surface area contributed by atoms with Gasteiger partial charge in [-0.25, -0.2) is 4.98 Å². The Bertz CT molecular complexity index is 1240. The zero-order valence-electron chi connectivity index (χ0n) is 16.9. The number of halogens is 1. The Hall–Kier alpha value is -3.97. The van der Waals surface area contributed by atoms with Gasteiger partial charge in [-0.1, -0.05) is 54.1 Å². The van der Waals surface area contributed by atoms with Crippen LogP contribution in [0.15, 0.2) is 85.2 Å². The SMILES string of the molecule is NC(=O)C1(c2ccc(N)nc2)C=CC(C(N)=O)(c2ccc(Cl)c(-c3ccccn3)c2)C=C1. The zero-order chi connectivity index (χ0) is 22.9. The zero-order valence-corrected chi connectivity index (χ0v) is 17.7. The number of hydrogen-bond acceptors (Lipinski definition) is 5. The lowest BCUT2D eigenvalue weighted by atomic mass is 9.68. The molecule has 1 aliphatic carbocycles. The Labute approximate surface area is 189 Å². The summed E-state index contributed by atoms with van der Waals surface area (Å²) >= 11 is 6.40.